The average Bonchev–Trinajstić information content (AvgIpc) is 4.00. The second kappa shape index (κ2) is 13.3. The Kier molecular flexibility index (Phi) is 7.41. The van der Waals surface area contributed by atoms with Gasteiger partial charge in [0.05, 0.1) is 27.7 Å². The van der Waals surface area contributed by atoms with E-state index < -0.39 is 0 Å². The van der Waals surface area contributed by atoms with Gasteiger partial charge in [-0.15, -0.1) is 11.3 Å². The monoisotopic (exact) mass is 796 g/mol. The molecule has 4 aromatic heterocycles. The molecule has 0 aliphatic carbocycles. The molecule has 5 nitrogen and oxygen atoms in total. The van der Waals surface area contributed by atoms with Gasteiger partial charge in [-0.25, -0.2) is 15.0 Å². The molecule has 6 heteroatoms. The van der Waals surface area contributed by atoms with Crippen molar-refractivity contribution >= 4 is 86.0 Å². The third-order valence-electron chi connectivity index (χ3n) is 12.0. The van der Waals surface area contributed by atoms with Gasteiger partial charge >= 0.3 is 0 Å². The van der Waals surface area contributed by atoms with E-state index in [1.54, 1.807) is 11.3 Å². The zero-order valence-corrected chi connectivity index (χ0v) is 33.4. The highest BCUT2D eigenvalue weighted by Gasteiger charge is 2.23. The lowest BCUT2D eigenvalue weighted by molar-refractivity contribution is 0.669. The molecule has 0 spiro atoms. The fourth-order valence-corrected chi connectivity index (χ4v) is 10.3. The summed E-state index contributed by atoms with van der Waals surface area (Å²) in [5.41, 5.74) is 9.69. The van der Waals surface area contributed by atoms with Gasteiger partial charge in [0.25, 0.3) is 0 Å². The van der Waals surface area contributed by atoms with E-state index in [-0.39, 0.29) is 0 Å². The third kappa shape index (κ3) is 5.36. The predicted octanol–water partition coefficient (Wildman–Crippen LogP) is 15.1. The Balaban J connectivity index is 1.08. The summed E-state index contributed by atoms with van der Waals surface area (Å²) in [6.07, 6.45) is 0. The van der Waals surface area contributed by atoms with Gasteiger partial charge in [0, 0.05) is 47.5 Å². The van der Waals surface area contributed by atoms with Crippen LogP contribution in [0, 0.1) is 0 Å². The van der Waals surface area contributed by atoms with Crippen LogP contribution in [-0.2, 0) is 0 Å². The van der Waals surface area contributed by atoms with Gasteiger partial charge in [0.2, 0.25) is 0 Å². The van der Waals surface area contributed by atoms with Gasteiger partial charge in [-0.05, 0) is 88.6 Å². The Hall–Kier alpha value is -7.93. The lowest BCUT2D eigenvalue weighted by Gasteiger charge is -2.13. The number of aromatic nitrogens is 4. The molecule has 0 N–H and O–H groups in total. The van der Waals surface area contributed by atoms with Crippen molar-refractivity contribution in [2.45, 2.75) is 0 Å². The highest BCUT2D eigenvalue weighted by molar-refractivity contribution is 7.25. The highest BCUT2D eigenvalue weighted by Crippen LogP contribution is 2.43. The molecule has 0 saturated carbocycles. The van der Waals surface area contributed by atoms with Crippen molar-refractivity contribution in [1.82, 2.24) is 19.5 Å². The summed E-state index contributed by atoms with van der Waals surface area (Å²) in [6, 6.07) is 68.5. The number of hydrogen-bond donors (Lipinski definition) is 0. The summed E-state index contributed by atoms with van der Waals surface area (Å²) in [7, 11) is 0. The number of benzene rings is 9. The largest absolute Gasteiger partial charge is 0.455 e. The first-order valence-electron chi connectivity index (χ1n) is 20.4. The molecular formula is C55H32N4OS. The minimum absolute atomic E-state index is 0.546. The van der Waals surface area contributed by atoms with E-state index in [1.807, 2.05) is 18.2 Å². The van der Waals surface area contributed by atoms with Gasteiger partial charge in [-0.3, -0.25) is 0 Å². The zero-order valence-electron chi connectivity index (χ0n) is 32.6. The molecule has 0 saturated heterocycles. The van der Waals surface area contributed by atoms with Crippen LogP contribution in [0.3, 0.4) is 0 Å². The summed E-state index contributed by atoms with van der Waals surface area (Å²) < 4.78 is 11.8. The van der Waals surface area contributed by atoms with E-state index in [0.717, 1.165) is 66.5 Å². The van der Waals surface area contributed by atoms with Crippen LogP contribution in [0.5, 0.6) is 0 Å². The van der Waals surface area contributed by atoms with E-state index in [1.165, 1.54) is 41.7 Å². The van der Waals surface area contributed by atoms with Gasteiger partial charge in [0.1, 0.15) is 11.2 Å². The van der Waals surface area contributed by atoms with Gasteiger partial charge in [0.15, 0.2) is 17.5 Å². The molecule has 0 aliphatic heterocycles. The van der Waals surface area contributed by atoms with Crippen LogP contribution in [0.4, 0.5) is 0 Å². The number of thiophene rings is 1. The summed E-state index contributed by atoms with van der Waals surface area (Å²) in [5, 5.41) is 9.27. The SMILES string of the molecule is c1ccc(-c2cccc(-c3nc(-c4ccc5sc6ccccc6c5c4)nc(-c4ccc(-n5c6ccccc6c6cc7ccccc7cc65)c5c4oc4ccccc45)n3)c2)cc1. The van der Waals surface area contributed by atoms with Crippen LogP contribution in [0.2, 0.25) is 0 Å². The molecule has 0 radical (unpaired) electrons. The van der Waals surface area contributed by atoms with Crippen LogP contribution in [0.1, 0.15) is 0 Å². The van der Waals surface area contributed by atoms with E-state index >= 15 is 0 Å². The quantitative estimate of drug-likeness (QED) is 0.174. The number of furan rings is 1. The first-order valence-corrected chi connectivity index (χ1v) is 21.2. The molecule has 9 aromatic carbocycles. The number of rotatable bonds is 5. The van der Waals surface area contributed by atoms with Crippen LogP contribution >= 0.6 is 11.3 Å². The van der Waals surface area contributed by atoms with Crippen molar-refractivity contribution in [3.63, 3.8) is 0 Å². The lowest BCUT2D eigenvalue weighted by Crippen LogP contribution is -2.01. The van der Waals surface area contributed by atoms with Gasteiger partial charge < -0.3 is 8.98 Å². The third-order valence-corrected chi connectivity index (χ3v) is 13.2. The van der Waals surface area contributed by atoms with Gasteiger partial charge in [-0.1, -0.05) is 127 Å². The van der Waals surface area contributed by atoms with E-state index in [4.69, 9.17) is 19.4 Å². The van der Waals surface area contributed by atoms with Crippen molar-refractivity contribution in [3.8, 4) is 51.0 Å². The van der Waals surface area contributed by atoms with E-state index in [0.29, 0.717) is 17.5 Å². The number of fused-ring (bicyclic) bond motifs is 10. The maximum absolute atomic E-state index is 6.92. The molecule has 0 unspecified atom stereocenters. The molecule has 13 aromatic rings. The van der Waals surface area contributed by atoms with E-state index in [2.05, 4.69) is 180 Å². The van der Waals surface area contributed by atoms with Crippen molar-refractivity contribution in [2.24, 2.45) is 0 Å². The van der Waals surface area contributed by atoms with Crippen LogP contribution in [0.25, 0.3) is 126 Å². The zero-order chi connectivity index (χ0) is 40.0. The minimum atomic E-state index is 0.546. The topological polar surface area (TPSA) is 56.7 Å². The lowest BCUT2D eigenvalue weighted by atomic mass is 10.0. The molecule has 0 atom stereocenters. The fraction of sp³-hybridized carbons (Fsp3) is 0. The molecular weight excluding hydrogens is 765 g/mol. The predicted molar refractivity (Wildman–Crippen MR) is 254 cm³/mol. The number of para-hydroxylation sites is 2. The molecule has 0 aliphatic rings. The molecule has 0 amide bonds. The Morgan fingerprint density at radius 3 is 1.92 bits per heavy atom. The standard InChI is InChI=1S/C55H32N4OS/c1-2-13-33(14-3-1)34-17-12-18-37(29-34)53-56-54(38-25-28-50-44(31-38)40-20-8-11-24-49(40)61-50)58-55(57-53)42-26-27-46(51-41-21-7-10-23-48(41)60-52(42)51)59-45-22-9-6-19-39(45)43-30-35-15-4-5-16-36(35)32-47(43)59/h1-32H. The van der Waals surface area contributed by atoms with Gasteiger partial charge in [-0.2, -0.15) is 0 Å². The Labute approximate surface area is 353 Å². The van der Waals surface area contributed by atoms with Crippen molar-refractivity contribution in [1.29, 1.82) is 0 Å². The first kappa shape index (κ1) is 34.0. The first-order chi connectivity index (χ1) is 30.2. The normalized spacial score (nSPS) is 11.9. The Morgan fingerprint density at radius 2 is 1.05 bits per heavy atom. The van der Waals surface area contributed by atoms with Crippen molar-refractivity contribution in [2.75, 3.05) is 0 Å². The van der Waals surface area contributed by atoms with Crippen LogP contribution in [0.15, 0.2) is 199 Å². The molecule has 0 fully saturated rings. The maximum Gasteiger partial charge on any atom is 0.167 e. The molecule has 4 heterocycles. The van der Waals surface area contributed by atoms with Crippen molar-refractivity contribution < 1.29 is 4.42 Å². The fourth-order valence-electron chi connectivity index (χ4n) is 9.18. The smallest absolute Gasteiger partial charge is 0.167 e. The summed E-state index contributed by atoms with van der Waals surface area (Å²) in [5.74, 6) is 1.74. The Bertz CT molecular complexity index is 3900. The Morgan fingerprint density at radius 1 is 0.393 bits per heavy atom. The molecule has 61 heavy (non-hydrogen) atoms. The maximum atomic E-state index is 6.92. The summed E-state index contributed by atoms with van der Waals surface area (Å²) >= 11 is 1.80. The number of hydrogen-bond acceptors (Lipinski definition) is 5. The van der Waals surface area contributed by atoms with E-state index in [9.17, 15) is 0 Å². The van der Waals surface area contributed by atoms with Crippen LogP contribution < -0.4 is 0 Å². The second-order valence-corrected chi connectivity index (χ2v) is 16.6. The molecule has 284 valence electrons. The summed E-state index contributed by atoms with van der Waals surface area (Å²) in [6.45, 7) is 0. The number of nitrogens with zero attached hydrogens (tertiary/aromatic N) is 4. The highest BCUT2D eigenvalue weighted by atomic mass is 32.1. The summed E-state index contributed by atoms with van der Waals surface area (Å²) in [4.78, 5) is 15.8. The van der Waals surface area contributed by atoms with Crippen molar-refractivity contribution in [3.05, 3.63) is 194 Å². The van der Waals surface area contributed by atoms with Crippen LogP contribution in [-0.4, -0.2) is 19.5 Å². The average molecular weight is 797 g/mol. The second-order valence-electron chi connectivity index (χ2n) is 15.6. The molecule has 0 bridgehead atoms. The minimum Gasteiger partial charge on any atom is -0.455 e. The molecule has 13 rings (SSSR count).